The minimum absolute atomic E-state index is 0.212. The lowest BCUT2D eigenvalue weighted by Gasteiger charge is -2.10. The highest BCUT2D eigenvalue weighted by Gasteiger charge is 2.14. The van der Waals surface area contributed by atoms with Crippen molar-refractivity contribution < 1.29 is 14.3 Å². The summed E-state index contributed by atoms with van der Waals surface area (Å²) >= 11 is 15.2. The Morgan fingerprint density at radius 3 is 2.23 bits per heavy atom. The van der Waals surface area contributed by atoms with Crippen molar-refractivity contribution in [1.82, 2.24) is 0 Å². The average Bonchev–Trinajstić information content (AvgIpc) is 2.64. The van der Waals surface area contributed by atoms with Crippen molar-refractivity contribution in [2.75, 3.05) is 6.61 Å². The smallest absolute Gasteiger partial charge is 0.349 e. The molecule has 3 aromatic carbocycles. The first-order valence-corrected chi connectivity index (χ1v) is 9.21. The molecule has 0 bridgehead atoms. The third kappa shape index (κ3) is 4.79. The number of halogens is 3. The topological polar surface area (TPSA) is 35.5 Å². The van der Waals surface area contributed by atoms with Crippen molar-refractivity contribution in [3.63, 3.8) is 0 Å². The normalized spacial score (nSPS) is 10.4. The summed E-state index contributed by atoms with van der Waals surface area (Å²) in [5.74, 6) is 0.217. The number of ether oxygens (including phenoxy) is 2. The fraction of sp³-hybridized carbons (Fsp3) is 0.0500. The first kappa shape index (κ1) is 18.8. The Bertz CT molecular complexity index is 889. The van der Waals surface area contributed by atoms with Crippen molar-refractivity contribution in [2.24, 2.45) is 0 Å². The fourth-order valence-corrected chi connectivity index (χ4v) is 3.61. The molecule has 3 aromatic rings. The first-order chi connectivity index (χ1) is 12.5. The van der Waals surface area contributed by atoms with Gasteiger partial charge < -0.3 is 9.47 Å². The molecule has 0 saturated carbocycles. The van der Waals surface area contributed by atoms with Gasteiger partial charge in [-0.15, -0.1) is 0 Å². The molecular formula is C20H13BrCl2O3. The summed E-state index contributed by atoms with van der Waals surface area (Å²) in [5, 5.41) is 0.682. The molecule has 0 aliphatic carbocycles. The van der Waals surface area contributed by atoms with Gasteiger partial charge >= 0.3 is 5.97 Å². The fourth-order valence-electron chi connectivity index (χ4n) is 2.29. The zero-order valence-electron chi connectivity index (χ0n) is 13.4. The highest BCUT2D eigenvalue weighted by atomic mass is 79.9. The van der Waals surface area contributed by atoms with Crippen molar-refractivity contribution in [1.29, 1.82) is 0 Å². The van der Waals surface area contributed by atoms with Gasteiger partial charge in [0.25, 0.3) is 0 Å². The summed E-state index contributed by atoms with van der Waals surface area (Å²) < 4.78 is 11.2. The van der Waals surface area contributed by atoms with Crippen LogP contribution in [0.25, 0.3) is 11.1 Å². The van der Waals surface area contributed by atoms with Gasteiger partial charge in [0, 0.05) is 5.02 Å². The Kier molecular flexibility index (Phi) is 6.20. The first-order valence-electron chi connectivity index (χ1n) is 7.66. The summed E-state index contributed by atoms with van der Waals surface area (Å²) in [4.78, 5) is 12.0. The molecular weight excluding hydrogens is 439 g/mol. The van der Waals surface area contributed by atoms with Gasteiger partial charge in [-0.1, -0.05) is 65.7 Å². The van der Waals surface area contributed by atoms with E-state index in [0.29, 0.717) is 15.2 Å². The molecule has 0 atom stereocenters. The van der Waals surface area contributed by atoms with E-state index in [9.17, 15) is 4.79 Å². The van der Waals surface area contributed by atoms with E-state index in [1.54, 1.807) is 18.2 Å². The van der Waals surface area contributed by atoms with E-state index in [1.165, 1.54) is 6.07 Å². The van der Waals surface area contributed by atoms with Gasteiger partial charge in [-0.05, 0) is 51.3 Å². The molecule has 0 spiro atoms. The molecule has 132 valence electrons. The van der Waals surface area contributed by atoms with Crippen molar-refractivity contribution in [3.8, 4) is 22.6 Å². The lowest BCUT2D eigenvalue weighted by atomic mass is 10.1. The molecule has 0 N–H and O–H groups in total. The summed E-state index contributed by atoms with van der Waals surface area (Å²) in [5.41, 5.74) is 2.18. The Hall–Kier alpha value is -2.01. The molecule has 0 heterocycles. The van der Waals surface area contributed by atoms with Crippen LogP contribution >= 0.6 is 39.1 Å². The quantitative estimate of drug-likeness (QED) is 0.332. The van der Waals surface area contributed by atoms with Crippen LogP contribution < -0.4 is 9.47 Å². The number of carbonyl (C=O) groups is 1. The molecule has 26 heavy (non-hydrogen) atoms. The monoisotopic (exact) mass is 450 g/mol. The van der Waals surface area contributed by atoms with Gasteiger partial charge in [0.2, 0.25) is 0 Å². The van der Waals surface area contributed by atoms with Gasteiger partial charge in [0.05, 0.1) is 9.50 Å². The van der Waals surface area contributed by atoms with Gasteiger partial charge in [0.1, 0.15) is 5.75 Å². The molecule has 0 unspecified atom stereocenters. The highest BCUT2D eigenvalue weighted by molar-refractivity contribution is 9.10. The van der Waals surface area contributed by atoms with Crippen molar-refractivity contribution in [3.05, 3.63) is 81.2 Å². The zero-order valence-corrected chi connectivity index (χ0v) is 16.5. The number of hydrogen-bond donors (Lipinski definition) is 0. The molecule has 0 radical (unpaired) electrons. The lowest BCUT2D eigenvalue weighted by Crippen LogP contribution is -2.18. The predicted molar refractivity (Wildman–Crippen MR) is 107 cm³/mol. The molecule has 0 saturated heterocycles. The summed E-state index contributed by atoms with van der Waals surface area (Å²) in [7, 11) is 0. The molecule has 0 aliphatic rings. The second kappa shape index (κ2) is 8.58. The Morgan fingerprint density at radius 1 is 0.923 bits per heavy atom. The van der Waals surface area contributed by atoms with Gasteiger partial charge in [-0.25, -0.2) is 4.79 Å². The minimum Gasteiger partial charge on any atom is -0.482 e. The number of esters is 1. The van der Waals surface area contributed by atoms with E-state index < -0.39 is 5.97 Å². The van der Waals surface area contributed by atoms with E-state index in [-0.39, 0.29) is 17.4 Å². The van der Waals surface area contributed by atoms with Crippen LogP contribution in [0.2, 0.25) is 10.0 Å². The number of rotatable bonds is 5. The van der Waals surface area contributed by atoms with Gasteiger partial charge in [0.15, 0.2) is 12.4 Å². The summed E-state index contributed by atoms with van der Waals surface area (Å²) in [6.07, 6.45) is 0. The van der Waals surface area contributed by atoms with Gasteiger partial charge in [-0.3, -0.25) is 0 Å². The maximum atomic E-state index is 12.0. The van der Waals surface area contributed by atoms with E-state index in [1.807, 2.05) is 42.5 Å². The molecule has 0 aromatic heterocycles. The highest BCUT2D eigenvalue weighted by Crippen LogP contribution is 2.36. The predicted octanol–water partition coefficient (Wildman–Crippen LogP) is 6.41. The largest absolute Gasteiger partial charge is 0.482 e. The lowest BCUT2D eigenvalue weighted by molar-refractivity contribution is -0.136. The Morgan fingerprint density at radius 2 is 1.58 bits per heavy atom. The Balaban J connectivity index is 1.60. The molecule has 3 nitrogen and oxygen atoms in total. The van der Waals surface area contributed by atoms with E-state index in [0.717, 1.165) is 11.1 Å². The third-order valence-corrected chi connectivity index (χ3v) is 4.59. The van der Waals surface area contributed by atoms with E-state index >= 15 is 0 Å². The molecule has 6 heteroatoms. The van der Waals surface area contributed by atoms with Crippen LogP contribution in [0.4, 0.5) is 0 Å². The maximum Gasteiger partial charge on any atom is 0.349 e. The minimum atomic E-state index is -0.568. The SMILES string of the molecule is O=C(COc1ccc(-c2ccccc2)cc1)Oc1c(Cl)cc(Cl)cc1Br. The van der Waals surface area contributed by atoms with Crippen LogP contribution in [0.1, 0.15) is 0 Å². The maximum absolute atomic E-state index is 12.0. The number of benzene rings is 3. The molecule has 0 fully saturated rings. The average molecular weight is 452 g/mol. The van der Waals surface area contributed by atoms with E-state index in [4.69, 9.17) is 32.7 Å². The van der Waals surface area contributed by atoms with Gasteiger partial charge in [-0.2, -0.15) is 0 Å². The molecule has 3 rings (SSSR count). The summed E-state index contributed by atoms with van der Waals surface area (Å²) in [6.45, 7) is -0.240. The summed E-state index contributed by atoms with van der Waals surface area (Å²) in [6, 6.07) is 20.6. The Labute approximate surface area is 169 Å². The third-order valence-electron chi connectivity index (χ3n) is 3.50. The van der Waals surface area contributed by atoms with Crippen LogP contribution in [-0.4, -0.2) is 12.6 Å². The second-order valence-corrected chi connectivity index (χ2v) is 7.05. The molecule has 0 amide bonds. The van der Waals surface area contributed by atoms with Crippen LogP contribution in [0, 0.1) is 0 Å². The van der Waals surface area contributed by atoms with E-state index in [2.05, 4.69) is 15.9 Å². The number of carbonyl (C=O) groups excluding carboxylic acids is 1. The van der Waals surface area contributed by atoms with Crippen LogP contribution in [-0.2, 0) is 4.79 Å². The van der Waals surface area contributed by atoms with Crippen molar-refractivity contribution >= 4 is 45.1 Å². The standard InChI is InChI=1S/C20H13BrCl2O3/c21-17-10-15(22)11-18(23)20(17)26-19(24)12-25-16-8-6-14(7-9-16)13-4-2-1-3-5-13/h1-11H,12H2. The zero-order chi connectivity index (χ0) is 18.5. The van der Waals surface area contributed by atoms with Crippen LogP contribution in [0.3, 0.4) is 0 Å². The molecule has 0 aliphatic heterocycles. The van der Waals surface area contributed by atoms with Crippen LogP contribution in [0.5, 0.6) is 11.5 Å². The van der Waals surface area contributed by atoms with Crippen molar-refractivity contribution in [2.45, 2.75) is 0 Å². The second-order valence-electron chi connectivity index (χ2n) is 5.35. The van der Waals surface area contributed by atoms with Crippen LogP contribution in [0.15, 0.2) is 71.2 Å². The number of hydrogen-bond acceptors (Lipinski definition) is 3.